The van der Waals surface area contributed by atoms with Crippen molar-refractivity contribution in [1.29, 1.82) is 5.26 Å². The minimum absolute atomic E-state index is 0.0645. The summed E-state index contributed by atoms with van der Waals surface area (Å²) in [5.74, 6) is -1.32. The summed E-state index contributed by atoms with van der Waals surface area (Å²) in [6.45, 7) is 1.67. The van der Waals surface area contributed by atoms with Gasteiger partial charge in [0.25, 0.3) is 0 Å². The molecule has 2 aromatic rings. The maximum absolute atomic E-state index is 13.5. The highest BCUT2D eigenvalue weighted by molar-refractivity contribution is 9.10. The topological polar surface area (TPSA) is 94.6 Å². The van der Waals surface area contributed by atoms with Crippen molar-refractivity contribution in [2.24, 2.45) is 5.73 Å². The molecule has 0 bridgehead atoms. The predicted molar refractivity (Wildman–Crippen MR) is 110 cm³/mol. The highest BCUT2D eigenvalue weighted by Gasteiger charge is 2.37. The van der Waals surface area contributed by atoms with E-state index in [4.69, 9.17) is 19.9 Å². The summed E-state index contributed by atoms with van der Waals surface area (Å²) in [5, 5.41) is 9.71. The number of halogens is 2. The molecule has 2 aromatic carbocycles. The van der Waals surface area contributed by atoms with E-state index in [1.54, 1.807) is 37.3 Å². The molecule has 154 valence electrons. The van der Waals surface area contributed by atoms with Crippen LogP contribution in [0.3, 0.4) is 0 Å². The highest BCUT2D eigenvalue weighted by Crippen LogP contribution is 2.44. The number of carbonyl (C=O) groups is 1. The monoisotopic (exact) mass is 472 g/mol. The van der Waals surface area contributed by atoms with E-state index in [-0.39, 0.29) is 35.2 Å². The van der Waals surface area contributed by atoms with E-state index in [1.165, 1.54) is 19.2 Å². The van der Waals surface area contributed by atoms with Gasteiger partial charge in [-0.05, 0) is 42.8 Å². The number of carbonyl (C=O) groups excluding carboxylic acids is 1. The minimum atomic E-state index is -0.851. The van der Waals surface area contributed by atoms with Gasteiger partial charge in [0.05, 0.1) is 18.6 Å². The second-order valence-electron chi connectivity index (χ2n) is 6.49. The summed E-state index contributed by atoms with van der Waals surface area (Å²) < 4.78 is 30.5. The molecule has 0 spiro atoms. The highest BCUT2D eigenvalue weighted by atomic mass is 79.9. The van der Waals surface area contributed by atoms with Crippen molar-refractivity contribution in [3.05, 3.63) is 86.7 Å². The first kappa shape index (κ1) is 21.4. The first-order chi connectivity index (χ1) is 14.3. The van der Waals surface area contributed by atoms with Gasteiger partial charge in [-0.2, -0.15) is 5.26 Å². The maximum atomic E-state index is 13.5. The maximum Gasteiger partial charge on any atom is 0.338 e. The Bertz CT molecular complexity index is 1100. The third-order valence-corrected chi connectivity index (χ3v) is 5.07. The van der Waals surface area contributed by atoms with Crippen molar-refractivity contribution in [2.45, 2.75) is 19.4 Å². The van der Waals surface area contributed by atoms with Crippen LogP contribution in [-0.4, -0.2) is 13.1 Å². The minimum Gasteiger partial charge on any atom is -0.489 e. The molecule has 0 saturated heterocycles. The molecule has 0 aromatic heterocycles. The molecule has 1 aliphatic rings. The van der Waals surface area contributed by atoms with Gasteiger partial charge >= 0.3 is 5.97 Å². The second-order valence-corrected chi connectivity index (χ2v) is 7.40. The fourth-order valence-corrected chi connectivity index (χ4v) is 3.61. The Balaban J connectivity index is 2.09. The summed E-state index contributed by atoms with van der Waals surface area (Å²) >= 11 is 3.42. The van der Waals surface area contributed by atoms with Crippen molar-refractivity contribution in [3.63, 3.8) is 0 Å². The van der Waals surface area contributed by atoms with Gasteiger partial charge in [0.15, 0.2) is 0 Å². The SMILES string of the molecule is COC(=O)C1=C(C)OC(N)=C(C#N)C1c1cc(Br)ccc1OCc1cccc(F)c1. The molecule has 1 heterocycles. The van der Waals surface area contributed by atoms with E-state index in [0.717, 1.165) is 0 Å². The number of hydrogen-bond acceptors (Lipinski definition) is 6. The number of methoxy groups -OCH3 is 1. The molecule has 1 unspecified atom stereocenters. The largest absolute Gasteiger partial charge is 0.489 e. The Hall–Kier alpha value is -3.31. The van der Waals surface area contributed by atoms with Crippen LogP contribution < -0.4 is 10.5 Å². The zero-order valence-corrected chi connectivity index (χ0v) is 17.8. The fourth-order valence-electron chi connectivity index (χ4n) is 3.23. The average Bonchev–Trinajstić information content (AvgIpc) is 2.72. The summed E-state index contributed by atoms with van der Waals surface area (Å²) in [7, 11) is 1.25. The third-order valence-electron chi connectivity index (χ3n) is 4.58. The Kier molecular flexibility index (Phi) is 6.43. The van der Waals surface area contributed by atoms with Crippen LogP contribution in [0.2, 0.25) is 0 Å². The number of esters is 1. The standard InChI is InChI=1S/C22H18BrFN2O4/c1-12-19(22(27)28-2)20(17(10-25)21(26)30-12)16-9-14(23)6-7-18(16)29-11-13-4-3-5-15(24)8-13/h3-9,20H,11,26H2,1-2H3. The van der Waals surface area contributed by atoms with Crippen molar-refractivity contribution in [2.75, 3.05) is 7.11 Å². The van der Waals surface area contributed by atoms with Gasteiger partial charge in [0.1, 0.15) is 35.6 Å². The van der Waals surface area contributed by atoms with E-state index in [2.05, 4.69) is 15.9 Å². The molecule has 8 heteroatoms. The van der Waals surface area contributed by atoms with Gasteiger partial charge in [0, 0.05) is 10.0 Å². The van der Waals surface area contributed by atoms with Crippen molar-refractivity contribution < 1.29 is 23.4 Å². The molecule has 1 atom stereocenters. The van der Waals surface area contributed by atoms with Crippen molar-refractivity contribution >= 4 is 21.9 Å². The van der Waals surface area contributed by atoms with Crippen molar-refractivity contribution in [1.82, 2.24) is 0 Å². The molecule has 0 radical (unpaired) electrons. The molecule has 0 amide bonds. The van der Waals surface area contributed by atoms with E-state index < -0.39 is 11.9 Å². The number of nitrogens with two attached hydrogens (primary N) is 1. The summed E-state index contributed by atoms with van der Waals surface area (Å²) in [4.78, 5) is 12.5. The Morgan fingerprint density at radius 2 is 2.10 bits per heavy atom. The molecule has 2 N–H and O–H groups in total. The lowest BCUT2D eigenvalue weighted by atomic mass is 9.82. The molecule has 30 heavy (non-hydrogen) atoms. The zero-order chi connectivity index (χ0) is 21.8. The third kappa shape index (κ3) is 4.31. The molecule has 1 aliphatic heterocycles. The molecular weight excluding hydrogens is 455 g/mol. The number of allylic oxidation sites excluding steroid dienone is 2. The van der Waals surface area contributed by atoms with Crippen LogP contribution in [-0.2, 0) is 20.9 Å². The molecular formula is C22H18BrFN2O4. The number of rotatable bonds is 5. The van der Waals surface area contributed by atoms with E-state index in [9.17, 15) is 14.4 Å². The summed E-state index contributed by atoms with van der Waals surface area (Å²) in [6.07, 6.45) is 0. The summed E-state index contributed by atoms with van der Waals surface area (Å²) in [5.41, 5.74) is 7.30. The Labute approximate surface area is 181 Å². The van der Waals surface area contributed by atoms with Crippen molar-refractivity contribution in [3.8, 4) is 11.8 Å². The van der Waals surface area contributed by atoms with Crippen LogP contribution >= 0.6 is 15.9 Å². The van der Waals surface area contributed by atoms with Crippen LogP contribution in [0.5, 0.6) is 5.75 Å². The van der Waals surface area contributed by atoms with Gasteiger partial charge in [-0.1, -0.05) is 28.1 Å². The van der Waals surface area contributed by atoms with Gasteiger partial charge < -0.3 is 19.9 Å². The van der Waals surface area contributed by atoms with Crippen LogP contribution in [0.4, 0.5) is 4.39 Å². The van der Waals surface area contributed by atoms with Gasteiger partial charge in [-0.25, -0.2) is 9.18 Å². The quantitative estimate of drug-likeness (QED) is 0.647. The lowest BCUT2D eigenvalue weighted by molar-refractivity contribution is -0.136. The van der Waals surface area contributed by atoms with Gasteiger partial charge in [-0.3, -0.25) is 0 Å². The molecule has 0 aliphatic carbocycles. The lowest BCUT2D eigenvalue weighted by Crippen LogP contribution is -2.25. The number of benzene rings is 2. The number of nitriles is 1. The second kappa shape index (κ2) is 9.01. The van der Waals surface area contributed by atoms with Crippen LogP contribution in [0.15, 0.2) is 69.7 Å². The number of hydrogen-bond donors (Lipinski definition) is 1. The molecule has 0 fully saturated rings. The Morgan fingerprint density at radius 1 is 1.33 bits per heavy atom. The molecule has 0 saturated carbocycles. The first-order valence-corrected chi connectivity index (χ1v) is 9.68. The zero-order valence-electron chi connectivity index (χ0n) is 16.2. The Morgan fingerprint density at radius 3 is 2.77 bits per heavy atom. The normalized spacial score (nSPS) is 16.0. The molecule has 3 rings (SSSR count). The predicted octanol–water partition coefficient (Wildman–Crippen LogP) is 4.42. The van der Waals surface area contributed by atoms with Gasteiger partial charge in [-0.15, -0.1) is 0 Å². The first-order valence-electron chi connectivity index (χ1n) is 8.89. The average molecular weight is 473 g/mol. The van der Waals surface area contributed by atoms with Crippen LogP contribution in [0.25, 0.3) is 0 Å². The summed E-state index contributed by atoms with van der Waals surface area (Å²) in [6, 6.07) is 13.3. The number of ether oxygens (including phenoxy) is 3. The van der Waals surface area contributed by atoms with Gasteiger partial charge in [0.2, 0.25) is 5.88 Å². The van der Waals surface area contributed by atoms with E-state index >= 15 is 0 Å². The van der Waals surface area contributed by atoms with E-state index in [1.807, 2.05) is 6.07 Å². The number of nitrogens with zero attached hydrogens (tertiary/aromatic N) is 1. The smallest absolute Gasteiger partial charge is 0.338 e. The lowest BCUT2D eigenvalue weighted by Gasteiger charge is -2.28. The van der Waals surface area contributed by atoms with Crippen LogP contribution in [0.1, 0.15) is 24.0 Å². The van der Waals surface area contributed by atoms with Crippen LogP contribution in [0, 0.1) is 17.1 Å². The van der Waals surface area contributed by atoms with E-state index in [0.29, 0.717) is 21.3 Å². The molecule has 6 nitrogen and oxygen atoms in total. The fraction of sp³-hybridized carbons (Fsp3) is 0.182.